The summed E-state index contributed by atoms with van der Waals surface area (Å²) < 4.78 is 33.4. The zero-order chi connectivity index (χ0) is 28.7. The number of rotatable bonds is 10. The van der Waals surface area contributed by atoms with Crippen LogP contribution in [0.2, 0.25) is 25.7 Å². The Bertz CT molecular complexity index is 1640. The lowest BCUT2D eigenvalue weighted by Gasteiger charge is -2.23. The lowest BCUT2D eigenvalue weighted by molar-refractivity contribution is -0.385. The first-order valence-electron chi connectivity index (χ1n) is 13.2. The first-order chi connectivity index (χ1) is 18.9. The van der Waals surface area contributed by atoms with Gasteiger partial charge < -0.3 is 9.30 Å². The van der Waals surface area contributed by atoms with Crippen LogP contribution in [0.15, 0.2) is 23.8 Å². The Morgan fingerprint density at radius 2 is 1.95 bits per heavy atom. The molecule has 12 nitrogen and oxygen atoms in total. The Morgan fingerprint density at radius 1 is 1.20 bits per heavy atom. The zero-order valence-corrected chi connectivity index (χ0v) is 25.7. The number of fused-ring (bicyclic) bond motifs is 1. The maximum Gasteiger partial charge on any atom is 0.288 e. The Morgan fingerprint density at radius 3 is 2.65 bits per heavy atom. The summed E-state index contributed by atoms with van der Waals surface area (Å²) in [5, 5.41) is 19.3. The highest BCUT2D eigenvalue weighted by atomic mass is 32.2. The van der Waals surface area contributed by atoms with E-state index >= 15 is 0 Å². The van der Waals surface area contributed by atoms with Crippen LogP contribution in [0.4, 0.5) is 5.69 Å². The number of nitrogens with zero attached hydrogens (tertiary/aromatic N) is 7. The van der Waals surface area contributed by atoms with E-state index in [1.54, 1.807) is 10.9 Å². The minimum absolute atomic E-state index is 0.121. The second-order valence-electron chi connectivity index (χ2n) is 11.5. The van der Waals surface area contributed by atoms with Crippen LogP contribution >= 0.6 is 11.3 Å². The number of aromatic nitrogens is 6. The fourth-order valence-corrected chi connectivity index (χ4v) is 7.84. The van der Waals surface area contributed by atoms with Gasteiger partial charge in [0.05, 0.1) is 21.8 Å². The van der Waals surface area contributed by atoms with Gasteiger partial charge >= 0.3 is 0 Å². The molecule has 5 heterocycles. The maximum absolute atomic E-state index is 11.9. The monoisotopic (exact) mass is 603 g/mol. The largest absolute Gasteiger partial charge is 0.359 e. The number of ether oxygens (including phenoxy) is 1. The van der Waals surface area contributed by atoms with Crippen molar-refractivity contribution >= 4 is 46.0 Å². The van der Waals surface area contributed by atoms with Crippen LogP contribution in [0.25, 0.3) is 33.3 Å². The van der Waals surface area contributed by atoms with Crippen LogP contribution in [-0.2, 0) is 27.8 Å². The Balaban J connectivity index is 1.44. The molecular weight excluding hydrogens is 571 g/mol. The second kappa shape index (κ2) is 11.1. The molecule has 4 aromatic heterocycles. The predicted octanol–water partition coefficient (Wildman–Crippen LogP) is 4.77. The van der Waals surface area contributed by atoms with E-state index in [0.717, 1.165) is 11.7 Å². The van der Waals surface area contributed by atoms with Crippen molar-refractivity contribution in [3.8, 4) is 22.2 Å². The summed E-state index contributed by atoms with van der Waals surface area (Å²) in [6, 6.07) is 2.49. The van der Waals surface area contributed by atoms with Crippen LogP contribution < -0.4 is 0 Å². The number of aryl methyl sites for hydroxylation is 1. The van der Waals surface area contributed by atoms with Gasteiger partial charge in [0.2, 0.25) is 0 Å². The van der Waals surface area contributed by atoms with E-state index < -0.39 is 22.8 Å². The molecule has 0 saturated carbocycles. The van der Waals surface area contributed by atoms with Crippen molar-refractivity contribution in [2.45, 2.75) is 58.7 Å². The van der Waals surface area contributed by atoms with Crippen molar-refractivity contribution < 1.29 is 18.1 Å². The molecule has 0 unspecified atom stereocenters. The van der Waals surface area contributed by atoms with E-state index in [4.69, 9.17) is 14.8 Å². The van der Waals surface area contributed by atoms with Gasteiger partial charge in [0.1, 0.15) is 34.2 Å². The summed E-state index contributed by atoms with van der Waals surface area (Å²) in [5.41, 5.74) is 2.42. The molecule has 0 atom stereocenters. The predicted molar refractivity (Wildman–Crippen MR) is 157 cm³/mol. The molecule has 0 amide bonds. The maximum atomic E-state index is 11.9. The lowest BCUT2D eigenvalue weighted by atomic mass is 10.0. The fraction of sp³-hybridized carbons (Fsp3) is 0.520. The highest BCUT2D eigenvalue weighted by molar-refractivity contribution is 7.91. The molecule has 0 aliphatic carbocycles. The van der Waals surface area contributed by atoms with Gasteiger partial charge in [0.15, 0.2) is 16.5 Å². The average molecular weight is 604 g/mol. The molecule has 0 aromatic carbocycles. The number of hydrogen-bond acceptors (Lipinski definition) is 10. The molecule has 0 spiro atoms. The van der Waals surface area contributed by atoms with Gasteiger partial charge in [0, 0.05) is 44.6 Å². The Hall–Kier alpha value is -3.01. The first-order valence-corrected chi connectivity index (χ1v) is 19.6. The van der Waals surface area contributed by atoms with Crippen molar-refractivity contribution in [1.29, 1.82) is 0 Å². The summed E-state index contributed by atoms with van der Waals surface area (Å²) in [4.78, 5) is 24.8. The molecule has 1 aliphatic rings. The summed E-state index contributed by atoms with van der Waals surface area (Å²) >= 11 is 1.42. The Labute approximate surface area is 237 Å². The Kier molecular flexibility index (Phi) is 7.91. The molecule has 4 aromatic rings. The fourth-order valence-electron chi connectivity index (χ4n) is 4.68. The third-order valence-electron chi connectivity index (χ3n) is 7.10. The van der Waals surface area contributed by atoms with Crippen LogP contribution in [0.3, 0.4) is 0 Å². The highest BCUT2D eigenvalue weighted by Crippen LogP contribution is 2.34. The number of thiazole rings is 1. The molecule has 0 radical (unpaired) electrons. The van der Waals surface area contributed by atoms with E-state index in [1.807, 2.05) is 12.3 Å². The number of pyridine rings is 1. The van der Waals surface area contributed by atoms with E-state index in [1.165, 1.54) is 23.6 Å². The smallest absolute Gasteiger partial charge is 0.288 e. The number of sulfone groups is 1. The summed E-state index contributed by atoms with van der Waals surface area (Å²) in [6.45, 7) is 10.3. The molecule has 15 heteroatoms. The van der Waals surface area contributed by atoms with Gasteiger partial charge in [-0.1, -0.05) is 19.6 Å². The number of nitro groups is 1. The van der Waals surface area contributed by atoms with E-state index in [-0.39, 0.29) is 29.8 Å². The normalized spacial score (nSPS) is 16.1. The van der Waals surface area contributed by atoms with Crippen molar-refractivity contribution in [3.63, 3.8) is 0 Å². The van der Waals surface area contributed by atoms with Crippen molar-refractivity contribution in [2.24, 2.45) is 5.92 Å². The summed E-state index contributed by atoms with van der Waals surface area (Å²) in [5.74, 6) is 1.41. The van der Waals surface area contributed by atoms with Crippen LogP contribution in [0.5, 0.6) is 0 Å². The third-order valence-corrected chi connectivity index (χ3v) is 11.4. The van der Waals surface area contributed by atoms with Gasteiger partial charge in [-0.05, 0) is 31.7 Å². The molecule has 1 fully saturated rings. The second-order valence-corrected chi connectivity index (χ2v) is 20.3. The van der Waals surface area contributed by atoms with Gasteiger partial charge in [-0.3, -0.25) is 10.1 Å². The molecular formula is C25H33N7O5S2Si. The number of imidazole rings is 1. The summed E-state index contributed by atoms with van der Waals surface area (Å²) in [7, 11) is -4.19. The standard InChI is InChI=1S/C25H33N7O5S2Si/c1-17-12-26-24(30(17)14-18-5-8-39(35,36)9-6-18)25-28-21(15-38-25)22-20-11-19(32(33)34)13-27-23(20)31(29-22)16-37-7-10-40(2,3)4/h11-13,15,18H,5-10,14,16H2,1-4H3. The first kappa shape index (κ1) is 28.5. The van der Waals surface area contributed by atoms with Gasteiger partial charge in [0.25, 0.3) is 5.69 Å². The van der Waals surface area contributed by atoms with Crippen molar-refractivity contribution in [1.82, 2.24) is 29.3 Å². The minimum Gasteiger partial charge on any atom is -0.359 e. The van der Waals surface area contributed by atoms with Gasteiger partial charge in [-0.2, -0.15) is 5.10 Å². The average Bonchev–Trinajstić information content (AvgIpc) is 3.60. The van der Waals surface area contributed by atoms with Crippen LogP contribution in [0, 0.1) is 23.0 Å². The quantitative estimate of drug-likeness (QED) is 0.108. The topological polar surface area (TPSA) is 148 Å². The molecule has 0 bridgehead atoms. The zero-order valence-electron chi connectivity index (χ0n) is 23.0. The SMILES string of the molecule is Cc1cnc(-c2nc(-c3nn(COCC[Si](C)(C)C)c4ncc([N+](=O)[O-])cc34)cs2)n1CC1CCS(=O)(=O)CC1. The van der Waals surface area contributed by atoms with Crippen molar-refractivity contribution in [2.75, 3.05) is 18.1 Å². The number of hydrogen-bond donors (Lipinski definition) is 0. The third kappa shape index (κ3) is 6.32. The summed E-state index contributed by atoms with van der Waals surface area (Å²) in [6.07, 6.45) is 4.30. The lowest BCUT2D eigenvalue weighted by Crippen LogP contribution is -2.26. The van der Waals surface area contributed by atoms with E-state index in [2.05, 4.69) is 34.2 Å². The molecule has 1 saturated heterocycles. The molecule has 0 N–H and O–H groups in total. The molecule has 40 heavy (non-hydrogen) atoms. The highest BCUT2D eigenvalue weighted by Gasteiger charge is 2.26. The van der Waals surface area contributed by atoms with Crippen LogP contribution in [-0.4, -0.2) is 68.8 Å². The minimum atomic E-state index is -2.93. The van der Waals surface area contributed by atoms with Crippen LogP contribution in [0.1, 0.15) is 18.5 Å². The molecule has 214 valence electrons. The van der Waals surface area contributed by atoms with E-state index in [0.29, 0.717) is 59.2 Å². The molecule has 1 aliphatic heterocycles. The van der Waals surface area contributed by atoms with Gasteiger partial charge in [-0.15, -0.1) is 11.3 Å². The van der Waals surface area contributed by atoms with E-state index in [9.17, 15) is 18.5 Å². The van der Waals surface area contributed by atoms with Crippen molar-refractivity contribution in [3.05, 3.63) is 39.6 Å². The molecule has 5 rings (SSSR count). The van der Waals surface area contributed by atoms with Gasteiger partial charge in [-0.25, -0.2) is 28.1 Å².